The maximum atomic E-state index is 12.2. The Morgan fingerprint density at radius 3 is 3.30 bits per heavy atom. The van der Waals surface area contributed by atoms with Crippen LogP contribution >= 0.6 is 0 Å². The van der Waals surface area contributed by atoms with Crippen LogP contribution < -0.4 is 5.32 Å². The van der Waals surface area contributed by atoms with Crippen molar-refractivity contribution in [3.8, 4) is 0 Å². The standard InChI is InChI=1S/C13H21N5O2/c1-10-7-17(4-5-20-10)13(19)6-14-11-2-3-12-15-9-16-18(12)8-11/h9-11,14H,2-8H2,1H3/t10-,11-/m1/s1. The number of fused-ring (bicyclic) bond motifs is 1. The number of hydrogen-bond donors (Lipinski definition) is 1. The van der Waals surface area contributed by atoms with Crippen LogP contribution in [-0.4, -0.2) is 64.0 Å². The van der Waals surface area contributed by atoms with E-state index in [9.17, 15) is 4.79 Å². The summed E-state index contributed by atoms with van der Waals surface area (Å²) in [6.07, 6.45) is 3.66. The van der Waals surface area contributed by atoms with Crippen LogP contribution in [0.2, 0.25) is 0 Å². The first-order chi connectivity index (χ1) is 9.72. The number of ether oxygens (including phenoxy) is 1. The second kappa shape index (κ2) is 5.88. The largest absolute Gasteiger partial charge is 0.375 e. The summed E-state index contributed by atoms with van der Waals surface area (Å²) in [4.78, 5) is 18.2. The van der Waals surface area contributed by atoms with Gasteiger partial charge < -0.3 is 15.0 Å². The van der Waals surface area contributed by atoms with Crippen LogP contribution in [0, 0.1) is 0 Å². The van der Waals surface area contributed by atoms with E-state index < -0.39 is 0 Å². The zero-order valence-corrected chi connectivity index (χ0v) is 11.8. The van der Waals surface area contributed by atoms with E-state index in [1.807, 2.05) is 16.5 Å². The summed E-state index contributed by atoms with van der Waals surface area (Å²) >= 11 is 0. The smallest absolute Gasteiger partial charge is 0.236 e. The SMILES string of the molecule is C[C@@H]1CN(C(=O)CN[C@@H]2CCc3ncnn3C2)CCO1. The zero-order valence-electron chi connectivity index (χ0n) is 11.8. The molecule has 3 heterocycles. The highest BCUT2D eigenvalue weighted by molar-refractivity contribution is 5.78. The van der Waals surface area contributed by atoms with E-state index in [4.69, 9.17) is 4.74 Å². The molecule has 0 saturated carbocycles. The quantitative estimate of drug-likeness (QED) is 0.802. The molecule has 0 bridgehead atoms. The van der Waals surface area contributed by atoms with Crippen LogP contribution in [0.1, 0.15) is 19.2 Å². The first-order valence-corrected chi connectivity index (χ1v) is 7.22. The number of rotatable bonds is 3. The summed E-state index contributed by atoms with van der Waals surface area (Å²) in [5.41, 5.74) is 0. The highest BCUT2D eigenvalue weighted by atomic mass is 16.5. The normalized spacial score (nSPS) is 26.4. The Hall–Kier alpha value is -1.47. The Kier molecular flexibility index (Phi) is 3.98. The van der Waals surface area contributed by atoms with E-state index in [1.165, 1.54) is 0 Å². The van der Waals surface area contributed by atoms with E-state index in [0.717, 1.165) is 25.2 Å². The van der Waals surface area contributed by atoms with Gasteiger partial charge in [0, 0.05) is 25.6 Å². The topological polar surface area (TPSA) is 72.3 Å². The number of nitrogens with zero attached hydrogens (tertiary/aromatic N) is 4. The van der Waals surface area contributed by atoms with Gasteiger partial charge in [0.05, 0.1) is 25.8 Å². The number of carbonyl (C=O) groups is 1. The molecule has 7 nitrogen and oxygen atoms in total. The molecule has 0 radical (unpaired) electrons. The van der Waals surface area contributed by atoms with Crippen molar-refractivity contribution in [1.29, 1.82) is 0 Å². The molecule has 1 amide bonds. The minimum atomic E-state index is 0.139. The molecule has 20 heavy (non-hydrogen) atoms. The van der Waals surface area contributed by atoms with Gasteiger partial charge in [-0.1, -0.05) is 0 Å². The fraction of sp³-hybridized carbons (Fsp3) is 0.769. The van der Waals surface area contributed by atoms with Crippen LogP contribution in [-0.2, 0) is 22.5 Å². The van der Waals surface area contributed by atoms with Crippen molar-refractivity contribution in [2.45, 2.75) is 38.5 Å². The lowest BCUT2D eigenvalue weighted by molar-refractivity contribution is -0.137. The molecule has 1 saturated heterocycles. The van der Waals surface area contributed by atoms with Gasteiger partial charge in [-0.15, -0.1) is 0 Å². The molecule has 3 rings (SSSR count). The monoisotopic (exact) mass is 279 g/mol. The Bertz CT molecular complexity index is 475. The molecule has 1 aromatic rings. The van der Waals surface area contributed by atoms with E-state index in [1.54, 1.807) is 6.33 Å². The van der Waals surface area contributed by atoms with Crippen molar-refractivity contribution in [2.24, 2.45) is 0 Å². The summed E-state index contributed by atoms with van der Waals surface area (Å²) in [6, 6.07) is 0.298. The minimum Gasteiger partial charge on any atom is -0.375 e. The Morgan fingerprint density at radius 1 is 1.55 bits per heavy atom. The predicted molar refractivity (Wildman–Crippen MR) is 72.1 cm³/mol. The fourth-order valence-electron chi connectivity index (χ4n) is 2.79. The van der Waals surface area contributed by atoms with Gasteiger partial charge in [0.2, 0.25) is 5.91 Å². The molecular weight excluding hydrogens is 258 g/mol. The van der Waals surface area contributed by atoms with Gasteiger partial charge in [-0.3, -0.25) is 4.79 Å². The molecule has 1 fully saturated rings. The van der Waals surface area contributed by atoms with Gasteiger partial charge in [-0.05, 0) is 13.3 Å². The lowest BCUT2D eigenvalue weighted by Crippen LogP contribution is -2.49. The van der Waals surface area contributed by atoms with Gasteiger partial charge in [-0.2, -0.15) is 5.10 Å². The third-order valence-corrected chi connectivity index (χ3v) is 3.94. The van der Waals surface area contributed by atoms with Gasteiger partial charge >= 0.3 is 0 Å². The molecule has 0 aliphatic carbocycles. The Labute approximate surface area is 118 Å². The van der Waals surface area contributed by atoms with Crippen molar-refractivity contribution in [2.75, 3.05) is 26.2 Å². The third-order valence-electron chi connectivity index (χ3n) is 3.94. The molecule has 7 heteroatoms. The van der Waals surface area contributed by atoms with Crippen molar-refractivity contribution in [3.63, 3.8) is 0 Å². The maximum absolute atomic E-state index is 12.2. The average molecular weight is 279 g/mol. The average Bonchev–Trinajstić information content (AvgIpc) is 2.92. The molecule has 2 aliphatic heterocycles. The van der Waals surface area contributed by atoms with Crippen molar-refractivity contribution < 1.29 is 9.53 Å². The zero-order chi connectivity index (χ0) is 13.9. The number of nitrogens with one attached hydrogen (secondary N) is 1. The first-order valence-electron chi connectivity index (χ1n) is 7.22. The van der Waals surface area contributed by atoms with Gasteiger partial charge in [0.15, 0.2) is 0 Å². The summed E-state index contributed by atoms with van der Waals surface area (Å²) in [5.74, 6) is 1.20. The van der Waals surface area contributed by atoms with Gasteiger partial charge in [0.1, 0.15) is 12.2 Å². The third kappa shape index (κ3) is 2.99. The van der Waals surface area contributed by atoms with E-state index in [0.29, 0.717) is 32.3 Å². The first kappa shape index (κ1) is 13.5. The highest BCUT2D eigenvalue weighted by Gasteiger charge is 2.23. The number of amides is 1. The number of hydrogen-bond acceptors (Lipinski definition) is 5. The maximum Gasteiger partial charge on any atom is 0.236 e. The molecular formula is C13H21N5O2. The van der Waals surface area contributed by atoms with E-state index in [-0.39, 0.29) is 12.0 Å². The molecule has 0 spiro atoms. The minimum absolute atomic E-state index is 0.139. The number of aromatic nitrogens is 3. The lowest BCUT2D eigenvalue weighted by Gasteiger charge is -2.32. The molecule has 1 aromatic heterocycles. The lowest BCUT2D eigenvalue weighted by atomic mass is 10.1. The van der Waals surface area contributed by atoms with E-state index in [2.05, 4.69) is 15.4 Å². The van der Waals surface area contributed by atoms with Gasteiger partial charge in [-0.25, -0.2) is 9.67 Å². The second-order valence-electron chi connectivity index (χ2n) is 5.50. The number of carbonyl (C=O) groups excluding carboxylic acids is 1. The second-order valence-corrected chi connectivity index (χ2v) is 5.50. The van der Waals surface area contributed by atoms with E-state index >= 15 is 0 Å². The number of aryl methyl sites for hydroxylation is 1. The molecule has 1 N–H and O–H groups in total. The summed E-state index contributed by atoms with van der Waals surface area (Å²) in [6.45, 7) is 5.21. The summed E-state index contributed by atoms with van der Waals surface area (Å²) in [5, 5.41) is 7.53. The Balaban J connectivity index is 1.47. The van der Waals surface area contributed by atoms with Crippen molar-refractivity contribution >= 4 is 5.91 Å². The van der Waals surface area contributed by atoms with Crippen LogP contribution in [0.25, 0.3) is 0 Å². The van der Waals surface area contributed by atoms with Gasteiger partial charge in [0.25, 0.3) is 0 Å². The van der Waals surface area contributed by atoms with Crippen LogP contribution in [0.5, 0.6) is 0 Å². The predicted octanol–water partition coefficient (Wildman–Crippen LogP) is -0.570. The van der Waals surface area contributed by atoms with Crippen LogP contribution in [0.3, 0.4) is 0 Å². The number of morpholine rings is 1. The summed E-state index contributed by atoms with van der Waals surface area (Å²) < 4.78 is 7.37. The molecule has 0 unspecified atom stereocenters. The molecule has 2 atom stereocenters. The van der Waals surface area contributed by atoms with Crippen LogP contribution in [0.4, 0.5) is 0 Å². The fourth-order valence-corrected chi connectivity index (χ4v) is 2.79. The molecule has 110 valence electrons. The molecule has 2 aliphatic rings. The molecule has 0 aromatic carbocycles. The van der Waals surface area contributed by atoms with Crippen molar-refractivity contribution in [1.82, 2.24) is 25.0 Å². The Morgan fingerprint density at radius 2 is 2.45 bits per heavy atom. The van der Waals surface area contributed by atoms with Crippen LogP contribution in [0.15, 0.2) is 6.33 Å². The highest BCUT2D eigenvalue weighted by Crippen LogP contribution is 2.11. The summed E-state index contributed by atoms with van der Waals surface area (Å²) in [7, 11) is 0. The van der Waals surface area contributed by atoms with Crippen molar-refractivity contribution in [3.05, 3.63) is 12.2 Å².